The fourth-order valence-electron chi connectivity index (χ4n) is 2.35. The lowest BCUT2D eigenvalue weighted by molar-refractivity contribution is 0.405. The highest BCUT2D eigenvalue weighted by atomic mass is 32.1. The summed E-state index contributed by atoms with van der Waals surface area (Å²) < 4.78 is 2.40. The lowest BCUT2D eigenvalue weighted by Crippen LogP contribution is -2.06. The lowest BCUT2D eigenvalue weighted by Gasteiger charge is -2.14. The van der Waals surface area contributed by atoms with E-state index in [1.807, 2.05) is 67.6 Å². The van der Waals surface area contributed by atoms with Gasteiger partial charge in [-0.2, -0.15) is 0 Å². The Morgan fingerprint density at radius 1 is 1.09 bits per heavy atom. The Morgan fingerprint density at radius 2 is 1.70 bits per heavy atom. The predicted molar refractivity (Wildman–Crippen MR) is 98.8 cm³/mol. The van der Waals surface area contributed by atoms with Gasteiger partial charge in [0.1, 0.15) is 4.88 Å². The van der Waals surface area contributed by atoms with E-state index in [4.69, 9.17) is 12.2 Å². The SMILES string of the molecule is C[C@@H](c1ccccc1)n1c(O)c(C=Nc2ccccc2)sc1=S. The summed E-state index contributed by atoms with van der Waals surface area (Å²) in [5.74, 6) is 0.163. The summed E-state index contributed by atoms with van der Waals surface area (Å²) in [7, 11) is 0. The van der Waals surface area contributed by atoms with Crippen molar-refractivity contribution in [1.82, 2.24) is 4.57 Å². The number of aromatic hydroxyl groups is 1. The van der Waals surface area contributed by atoms with Crippen molar-refractivity contribution in [3.8, 4) is 5.88 Å². The molecular weight excluding hydrogens is 324 g/mol. The highest BCUT2D eigenvalue weighted by Crippen LogP contribution is 2.31. The molecule has 0 amide bonds. The predicted octanol–water partition coefficient (Wildman–Crippen LogP) is 5.34. The van der Waals surface area contributed by atoms with Crippen molar-refractivity contribution in [2.24, 2.45) is 4.99 Å². The van der Waals surface area contributed by atoms with Gasteiger partial charge < -0.3 is 5.11 Å². The normalized spacial score (nSPS) is 12.6. The first kappa shape index (κ1) is 15.6. The number of thiazole rings is 1. The Bertz CT molecular complexity index is 867. The smallest absolute Gasteiger partial charge is 0.212 e. The molecule has 0 bridgehead atoms. The number of para-hydroxylation sites is 1. The van der Waals surface area contributed by atoms with E-state index in [0.717, 1.165) is 11.3 Å². The minimum absolute atomic E-state index is 0.0289. The largest absolute Gasteiger partial charge is 0.493 e. The highest BCUT2D eigenvalue weighted by molar-refractivity contribution is 7.73. The summed E-state index contributed by atoms with van der Waals surface area (Å²) in [6.07, 6.45) is 1.67. The molecule has 0 spiro atoms. The summed E-state index contributed by atoms with van der Waals surface area (Å²) in [5, 5.41) is 10.5. The van der Waals surface area contributed by atoms with Gasteiger partial charge in [0.15, 0.2) is 3.95 Å². The van der Waals surface area contributed by atoms with E-state index < -0.39 is 0 Å². The number of hydrogen-bond acceptors (Lipinski definition) is 4. The third-order valence-electron chi connectivity index (χ3n) is 3.60. The van der Waals surface area contributed by atoms with Crippen molar-refractivity contribution < 1.29 is 5.11 Å². The Kier molecular flexibility index (Phi) is 4.69. The second kappa shape index (κ2) is 6.89. The zero-order chi connectivity index (χ0) is 16.2. The van der Waals surface area contributed by atoms with E-state index in [1.54, 1.807) is 10.8 Å². The minimum atomic E-state index is -0.0289. The van der Waals surface area contributed by atoms with Gasteiger partial charge in [0.05, 0.1) is 17.9 Å². The maximum atomic E-state index is 10.5. The van der Waals surface area contributed by atoms with Gasteiger partial charge in [0.25, 0.3) is 0 Å². The zero-order valence-corrected chi connectivity index (χ0v) is 14.2. The fraction of sp³-hybridized carbons (Fsp3) is 0.111. The molecule has 0 saturated carbocycles. The maximum Gasteiger partial charge on any atom is 0.212 e. The summed E-state index contributed by atoms with van der Waals surface area (Å²) in [6.45, 7) is 2.02. The van der Waals surface area contributed by atoms with Crippen LogP contribution in [-0.2, 0) is 0 Å². The molecule has 2 aromatic carbocycles. The minimum Gasteiger partial charge on any atom is -0.493 e. The molecule has 5 heteroatoms. The van der Waals surface area contributed by atoms with E-state index in [-0.39, 0.29) is 11.9 Å². The van der Waals surface area contributed by atoms with Crippen LogP contribution in [-0.4, -0.2) is 15.9 Å². The highest BCUT2D eigenvalue weighted by Gasteiger charge is 2.16. The van der Waals surface area contributed by atoms with Crippen LogP contribution in [0.5, 0.6) is 5.88 Å². The number of hydrogen-bond donors (Lipinski definition) is 1. The van der Waals surface area contributed by atoms with Crippen molar-refractivity contribution in [1.29, 1.82) is 0 Å². The first-order valence-electron chi connectivity index (χ1n) is 7.25. The summed E-state index contributed by atoms with van der Waals surface area (Å²) in [4.78, 5) is 5.06. The van der Waals surface area contributed by atoms with Crippen LogP contribution in [0.2, 0.25) is 0 Å². The van der Waals surface area contributed by atoms with Gasteiger partial charge in [-0.3, -0.25) is 9.56 Å². The molecule has 1 aromatic heterocycles. The van der Waals surface area contributed by atoms with Crippen LogP contribution >= 0.6 is 23.6 Å². The second-order valence-electron chi connectivity index (χ2n) is 5.11. The molecule has 3 rings (SSSR count). The molecule has 0 unspecified atom stereocenters. The number of benzene rings is 2. The molecule has 0 aliphatic rings. The summed E-state index contributed by atoms with van der Waals surface area (Å²) in [6, 6.07) is 19.6. The fourth-order valence-corrected chi connectivity index (χ4v) is 3.69. The van der Waals surface area contributed by atoms with Crippen LogP contribution < -0.4 is 0 Å². The molecule has 1 heterocycles. The quantitative estimate of drug-likeness (QED) is 0.514. The molecule has 0 saturated heterocycles. The number of nitrogens with zero attached hydrogens (tertiary/aromatic N) is 2. The van der Waals surface area contributed by atoms with Gasteiger partial charge in [0.2, 0.25) is 5.88 Å². The van der Waals surface area contributed by atoms with Gasteiger partial charge in [-0.25, -0.2) is 0 Å². The second-order valence-corrected chi connectivity index (χ2v) is 6.78. The number of aromatic nitrogens is 1. The third-order valence-corrected chi connectivity index (χ3v) is 4.92. The maximum absolute atomic E-state index is 10.5. The summed E-state index contributed by atoms with van der Waals surface area (Å²) in [5.41, 5.74) is 1.94. The molecule has 3 nitrogen and oxygen atoms in total. The van der Waals surface area contributed by atoms with Crippen molar-refractivity contribution in [2.75, 3.05) is 0 Å². The molecule has 3 aromatic rings. The van der Waals surface area contributed by atoms with Crippen LogP contribution in [0, 0.1) is 3.95 Å². The van der Waals surface area contributed by atoms with Gasteiger partial charge in [-0.15, -0.1) is 0 Å². The monoisotopic (exact) mass is 340 g/mol. The van der Waals surface area contributed by atoms with Crippen LogP contribution in [0.15, 0.2) is 65.7 Å². The molecular formula is C18H16N2OS2. The molecule has 0 aliphatic carbocycles. The third kappa shape index (κ3) is 3.41. The lowest BCUT2D eigenvalue weighted by atomic mass is 10.1. The average molecular weight is 340 g/mol. The topological polar surface area (TPSA) is 37.5 Å². The van der Waals surface area contributed by atoms with E-state index in [0.29, 0.717) is 8.83 Å². The standard InChI is InChI=1S/C18H16N2OS2/c1-13(14-8-4-2-5-9-14)20-17(21)16(23-18(20)22)12-19-15-10-6-3-7-11-15/h2-13,21H,1H3/t13-/m0/s1. The number of aliphatic imine (C=N–C) groups is 1. The van der Waals surface area contributed by atoms with Crippen molar-refractivity contribution in [3.63, 3.8) is 0 Å². The number of rotatable bonds is 4. The Hall–Kier alpha value is -2.24. The van der Waals surface area contributed by atoms with Crippen LogP contribution in [0.4, 0.5) is 5.69 Å². The molecule has 0 radical (unpaired) electrons. The molecule has 0 aliphatic heterocycles. The van der Waals surface area contributed by atoms with E-state index in [9.17, 15) is 5.11 Å². The van der Waals surface area contributed by atoms with Crippen molar-refractivity contribution in [2.45, 2.75) is 13.0 Å². The zero-order valence-electron chi connectivity index (χ0n) is 12.6. The Morgan fingerprint density at radius 3 is 2.35 bits per heavy atom. The molecule has 116 valence electrons. The Labute approximate surface area is 144 Å². The molecule has 0 fully saturated rings. The van der Waals surface area contributed by atoms with Gasteiger partial charge in [0, 0.05) is 0 Å². The first-order valence-corrected chi connectivity index (χ1v) is 8.47. The average Bonchev–Trinajstić information content (AvgIpc) is 2.88. The van der Waals surface area contributed by atoms with Gasteiger partial charge in [-0.1, -0.05) is 59.9 Å². The van der Waals surface area contributed by atoms with Gasteiger partial charge >= 0.3 is 0 Å². The van der Waals surface area contributed by atoms with E-state index in [2.05, 4.69) is 4.99 Å². The van der Waals surface area contributed by atoms with Crippen LogP contribution in [0.25, 0.3) is 0 Å². The van der Waals surface area contributed by atoms with Crippen LogP contribution in [0.1, 0.15) is 23.4 Å². The van der Waals surface area contributed by atoms with Gasteiger partial charge in [-0.05, 0) is 36.8 Å². The van der Waals surface area contributed by atoms with Crippen molar-refractivity contribution >= 4 is 35.5 Å². The van der Waals surface area contributed by atoms with E-state index in [1.165, 1.54) is 11.3 Å². The summed E-state index contributed by atoms with van der Waals surface area (Å²) >= 11 is 6.79. The Balaban J connectivity index is 1.94. The van der Waals surface area contributed by atoms with E-state index >= 15 is 0 Å². The molecule has 23 heavy (non-hydrogen) atoms. The molecule has 1 N–H and O–H groups in total. The molecule has 1 atom stereocenters. The van der Waals surface area contributed by atoms with Crippen LogP contribution in [0.3, 0.4) is 0 Å². The first-order chi connectivity index (χ1) is 11.2. The van der Waals surface area contributed by atoms with Crippen molar-refractivity contribution in [3.05, 3.63) is 75.1 Å².